The second-order valence-corrected chi connectivity index (χ2v) is 6.02. The number of rotatable bonds is 6. The van der Waals surface area contributed by atoms with E-state index in [1.807, 2.05) is 0 Å². The topological polar surface area (TPSA) is 66.6 Å². The number of carbonyl (C=O) groups is 1. The van der Waals surface area contributed by atoms with E-state index in [4.69, 9.17) is 18.0 Å². The first-order valence-electron chi connectivity index (χ1n) is 6.08. The third-order valence-corrected chi connectivity index (χ3v) is 3.51. The van der Waals surface area contributed by atoms with Crippen molar-refractivity contribution in [1.82, 2.24) is 4.90 Å². The smallest absolute Gasteiger partial charge is 0.310 e. The largest absolute Gasteiger partial charge is 0.481 e. The van der Waals surface area contributed by atoms with Crippen molar-refractivity contribution in [3.05, 3.63) is 0 Å². The summed E-state index contributed by atoms with van der Waals surface area (Å²) >= 11 is 4.95. The van der Waals surface area contributed by atoms with Crippen LogP contribution in [0.5, 0.6) is 0 Å². The van der Waals surface area contributed by atoms with Gasteiger partial charge in [-0.1, -0.05) is 25.1 Å². The molecule has 0 saturated heterocycles. The van der Waals surface area contributed by atoms with Crippen molar-refractivity contribution in [1.29, 1.82) is 0 Å². The first-order chi connectivity index (χ1) is 7.83. The first-order valence-corrected chi connectivity index (χ1v) is 6.49. The summed E-state index contributed by atoms with van der Waals surface area (Å²) in [4.78, 5) is 13.8. The van der Waals surface area contributed by atoms with Crippen LogP contribution >= 0.6 is 12.2 Å². The fraction of sp³-hybridized carbons (Fsp3) is 0.833. The zero-order chi connectivity index (χ0) is 13.1. The number of carboxylic acid groups (broad SMARTS) is 1. The van der Waals surface area contributed by atoms with Gasteiger partial charge in [-0.05, 0) is 26.7 Å². The molecular formula is C12H22N2O2S. The van der Waals surface area contributed by atoms with Gasteiger partial charge in [0.25, 0.3) is 0 Å². The Hall–Kier alpha value is -0.680. The molecule has 0 atom stereocenters. The number of nitrogens with two attached hydrogens (primary N) is 1. The summed E-state index contributed by atoms with van der Waals surface area (Å²) < 4.78 is 0. The van der Waals surface area contributed by atoms with Gasteiger partial charge in [-0.25, -0.2) is 0 Å². The normalized spacial score (nSPS) is 17.6. The third kappa shape index (κ3) is 4.24. The molecule has 1 rings (SSSR count). The second kappa shape index (κ2) is 5.78. The van der Waals surface area contributed by atoms with Crippen LogP contribution in [0.15, 0.2) is 0 Å². The standard InChI is InChI=1S/C12H22N2O2S/c1-12(2,11(15)16)8-14(7-10(13)17)9-5-3-4-6-9/h9H,3-8H2,1-2H3,(H2,13,17)(H,15,16). The van der Waals surface area contributed by atoms with Crippen molar-refractivity contribution in [2.75, 3.05) is 13.1 Å². The molecule has 4 nitrogen and oxygen atoms in total. The maximum atomic E-state index is 11.2. The molecule has 0 spiro atoms. The van der Waals surface area contributed by atoms with Crippen molar-refractivity contribution < 1.29 is 9.90 Å². The van der Waals surface area contributed by atoms with E-state index in [0.717, 1.165) is 12.8 Å². The summed E-state index contributed by atoms with van der Waals surface area (Å²) in [6.07, 6.45) is 4.68. The number of thiocarbonyl (C=S) groups is 1. The molecule has 0 aliphatic heterocycles. The van der Waals surface area contributed by atoms with Gasteiger partial charge in [0.1, 0.15) is 0 Å². The quantitative estimate of drug-likeness (QED) is 0.709. The summed E-state index contributed by atoms with van der Waals surface area (Å²) in [5, 5.41) is 9.18. The SMILES string of the molecule is CC(C)(CN(CC(N)=S)C1CCCC1)C(=O)O. The first kappa shape index (κ1) is 14.4. The predicted octanol–water partition coefficient (Wildman–Crippen LogP) is 1.63. The Kier molecular flexibility index (Phi) is 4.89. The lowest BCUT2D eigenvalue weighted by atomic mass is 9.92. The Morgan fingerprint density at radius 3 is 2.41 bits per heavy atom. The molecular weight excluding hydrogens is 236 g/mol. The molecule has 0 bridgehead atoms. The number of hydrogen-bond acceptors (Lipinski definition) is 3. The third-order valence-electron chi connectivity index (χ3n) is 3.38. The number of hydrogen-bond donors (Lipinski definition) is 2. The molecule has 0 aromatic carbocycles. The Balaban J connectivity index is 2.69. The Bertz CT molecular complexity index is 299. The van der Waals surface area contributed by atoms with Gasteiger partial charge < -0.3 is 10.8 Å². The van der Waals surface area contributed by atoms with Gasteiger partial charge >= 0.3 is 5.97 Å². The van der Waals surface area contributed by atoms with Crippen LogP contribution in [-0.2, 0) is 4.79 Å². The highest BCUT2D eigenvalue weighted by molar-refractivity contribution is 7.80. The van der Waals surface area contributed by atoms with Gasteiger partial charge in [-0.3, -0.25) is 9.69 Å². The molecule has 0 radical (unpaired) electrons. The van der Waals surface area contributed by atoms with Gasteiger partial charge in [-0.15, -0.1) is 0 Å². The van der Waals surface area contributed by atoms with E-state index < -0.39 is 11.4 Å². The van der Waals surface area contributed by atoms with Crippen molar-refractivity contribution in [2.45, 2.75) is 45.6 Å². The maximum Gasteiger partial charge on any atom is 0.310 e. The number of nitrogens with zero attached hydrogens (tertiary/aromatic N) is 1. The highest BCUT2D eigenvalue weighted by Crippen LogP contribution is 2.27. The van der Waals surface area contributed by atoms with Gasteiger partial charge in [0, 0.05) is 19.1 Å². The van der Waals surface area contributed by atoms with Crippen molar-refractivity contribution in [3.8, 4) is 0 Å². The highest BCUT2D eigenvalue weighted by Gasteiger charge is 2.33. The molecule has 17 heavy (non-hydrogen) atoms. The van der Waals surface area contributed by atoms with E-state index in [9.17, 15) is 9.90 Å². The van der Waals surface area contributed by atoms with Crippen LogP contribution in [0.3, 0.4) is 0 Å². The fourth-order valence-corrected chi connectivity index (χ4v) is 2.52. The Labute approximate surface area is 108 Å². The molecule has 0 aromatic heterocycles. The van der Waals surface area contributed by atoms with E-state index in [1.165, 1.54) is 12.8 Å². The van der Waals surface area contributed by atoms with Crippen molar-refractivity contribution in [3.63, 3.8) is 0 Å². The van der Waals surface area contributed by atoms with Crippen LogP contribution in [0.25, 0.3) is 0 Å². The number of carboxylic acids is 1. The monoisotopic (exact) mass is 258 g/mol. The molecule has 1 aliphatic carbocycles. The molecule has 0 unspecified atom stereocenters. The minimum Gasteiger partial charge on any atom is -0.481 e. The van der Waals surface area contributed by atoms with E-state index >= 15 is 0 Å². The van der Waals surface area contributed by atoms with E-state index in [-0.39, 0.29) is 0 Å². The van der Waals surface area contributed by atoms with Gasteiger partial charge in [0.05, 0.1) is 10.4 Å². The molecule has 1 fully saturated rings. The molecule has 1 aliphatic rings. The zero-order valence-electron chi connectivity index (χ0n) is 10.6. The predicted molar refractivity (Wildman–Crippen MR) is 72.0 cm³/mol. The summed E-state index contributed by atoms with van der Waals surface area (Å²) in [5.74, 6) is -0.775. The lowest BCUT2D eigenvalue weighted by molar-refractivity contribution is -0.148. The van der Waals surface area contributed by atoms with E-state index in [0.29, 0.717) is 24.1 Å². The molecule has 0 aromatic rings. The zero-order valence-corrected chi connectivity index (χ0v) is 11.4. The van der Waals surface area contributed by atoms with Crippen molar-refractivity contribution >= 4 is 23.2 Å². The van der Waals surface area contributed by atoms with Crippen molar-refractivity contribution in [2.24, 2.45) is 11.1 Å². The molecule has 0 heterocycles. The molecule has 98 valence electrons. The minimum atomic E-state index is -0.775. The van der Waals surface area contributed by atoms with Crippen LogP contribution in [0.1, 0.15) is 39.5 Å². The second-order valence-electron chi connectivity index (χ2n) is 5.50. The molecule has 1 saturated carbocycles. The minimum absolute atomic E-state index is 0.440. The number of aliphatic carboxylic acids is 1. The molecule has 5 heteroatoms. The van der Waals surface area contributed by atoms with Crippen LogP contribution in [0.4, 0.5) is 0 Å². The summed E-state index contributed by atoms with van der Waals surface area (Å²) in [6.45, 7) is 4.52. The molecule has 0 amide bonds. The van der Waals surface area contributed by atoms with Crippen LogP contribution in [0, 0.1) is 5.41 Å². The van der Waals surface area contributed by atoms with Crippen LogP contribution < -0.4 is 5.73 Å². The van der Waals surface area contributed by atoms with Gasteiger partial charge in [0.15, 0.2) is 0 Å². The summed E-state index contributed by atoms with van der Waals surface area (Å²) in [7, 11) is 0. The molecule has 3 N–H and O–H groups in total. The Morgan fingerprint density at radius 2 is 2.00 bits per heavy atom. The summed E-state index contributed by atoms with van der Waals surface area (Å²) in [5.41, 5.74) is 4.84. The lowest BCUT2D eigenvalue weighted by Gasteiger charge is -2.33. The highest BCUT2D eigenvalue weighted by atomic mass is 32.1. The average Bonchev–Trinajstić information content (AvgIpc) is 2.67. The lowest BCUT2D eigenvalue weighted by Crippen LogP contribution is -2.46. The maximum absolute atomic E-state index is 11.2. The van der Waals surface area contributed by atoms with E-state index in [2.05, 4.69) is 4.90 Å². The van der Waals surface area contributed by atoms with Crippen LogP contribution in [0.2, 0.25) is 0 Å². The van der Waals surface area contributed by atoms with E-state index in [1.54, 1.807) is 13.8 Å². The Morgan fingerprint density at radius 1 is 1.47 bits per heavy atom. The van der Waals surface area contributed by atoms with Crippen LogP contribution in [-0.4, -0.2) is 40.1 Å². The van der Waals surface area contributed by atoms with Gasteiger partial charge in [0.2, 0.25) is 0 Å². The summed E-state index contributed by atoms with van der Waals surface area (Å²) in [6, 6.07) is 0.440. The average molecular weight is 258 g/mol. The fourth-order valence-electron chi connectivity index (χ4n) is 2.36. The van der Waals surface area contributed by atoms with Gasteiger partial charge in [-0.2, -0.15) is 0 Å².